The van der Waals surface area contributed by atoms with Crippen molar-refractivity contribution in [1.29, 1.82) is 0 Å². The lowest BCUT2D eigenvalue weighted by molar-refractivity contribution is 0.0693. The number of hydrogen-bond donors (Lipinski definition) is 1. The number of carbonyl (C=O) groups is 1. The zero-order chi connectivity index (χ0) is 13.0. The van der Waals surface area contributed by atoms with Gasteiger partial charge in [0.05, 0.1) is 13.7 Å². The van der Waals surface area contributed by atoms with Gasteiger partial charge in [-0.15, -0.1) is 0 Å². The number of ether oxygens (including phenoxy) is 2. The molecule has 1 N–H and O–H groups in total. The molecule has 0 aromatic heterocycles. The molecule has 1 aliphatic rings. The molecule has 1 aromatic carbocycles. The first kappa shape index (κ1) is 12.9. The third-order valence-electron chi connectivity index (χ3n) is 3.13. The molecule has 98 valence electrons. The zero-order valence-corrected chi connectivity index (χ0v) is 10.5. The van der Waals surface area contributed by atoms with Crippen molar-refractivity contribution in [2.45, 2.75) is 25.9 Å². The molecule has 4 nitrogen and oxygen atoms in total. The fourth-order valence-electron chi connectivity index (χ4n) is 1.85. The van der Waals surface area contributed by atoms with E-state index in [0.29, 0.717) is 12.4 Å². The largest absolute Gasteiger partial charge is 0.496 e. The molecule has 0 bridgehead atoms. The Labute approximate surface area is 107 Å². The SMILES string of the molecule is COc1cc(COCCC2CC2)ccc1C(=O)O. The van der Waals surface area contributed by atoms with Crippen molar-refractivity contribution in [3.8, 4) is 5.75 Å². The van der Waals surface area contributed by atoms with Crippen LogP contribution in [-0.2, 0) is 11.3 Å². The Balaban J connectivity index is 1.89. The molecule has 0 heterocycles. The van der Waals surface area contributed by atoms with E-state index in [0.717, 1.165) is 24.5 Å². The third kappa shape index (κ3) is 3.47. The monoisotopic (exact) mass is 250 g/mol. The third-order valence-corrected chi connectivity index (χ3v) is 3.13. The van der Waals surface area contributed by atoms with Crippen molar-refractivity contribution in [1.82, 2.24) is 0 Å². The van der Waals surface area contributed by atoms with Crippen molar-refractivity contribution in [3.05, 3.63) is 29.3 Å². The molecule has 0 aliphatic heterocycles. The minimum Gasteiger partial charge on any atom is -0.496 e. The van der Waals surface area contributed by atoms with E-state index in [-0.39, 0.29) is 5.56 Å². The summed E-state index contributed by atoms with van der Waals surface area (Å²) >= 11 is 0. The summed E-state index contributed by atoms with van der Waals surface area (Å²) in [7, 11) is 1.47. The van der Waals surface area contributed by atoms with Gasteiger partial charge in [0.1, 0.15) is 11.3 Å². The minimum atomic E-state index is -0.979. The van der Waals surface area contributed by atoms with Gasteiger partial charge in [-0.1, -0.05) is 18.9 Å². The molecular weight excluding hydrogens is 232 g/mol. The Morgan fingerprint density at radius 1 is 1.44 bits per heavy atom. The van der Waals surface area contributed by atoms with E-state index >= 15 is 0 Å². The summed E-state index contributed by atoms with van der Waals surface area (Å²) in [5, 5.41) is 8.96. The number of methoxy groups -OCH3 is 1. The fourth-order valence-corrected chi connectivity index (χ4v) is 1.85. The van der Waals surface area contributed by atoms with Crippen LogP contribution >= 0.6 is 0 Å². The van der Waals surface area contributed by atoms with Crippen LogP contribution in [0.15, 0.2) is 18.2 Å². The first-order valence-electron chi connectivity index (χ1n) is 6.18. The Hall–Kier alpha value is -1.55. The quantitative estimate of drug-likeness (QED) is 0.756. The number of aromatic carboxylic acids is 1. The molecule has 0 amide bonds. The second kappa shape index (κ2) is 5.87. The predicted molar refractivity (Wildman–Crippen MR) is 67.0 cm³/mol. The maximum absolute atomic E-state index is 10.9. The van der Waals surface area contributed by atoms with Crippen molar-refractivity contribution in [3.63, 3.8) is 0 Å². The lowest BCUT2D eigenvalue weighted by Gasteiger charge is -2.08. The Morgan fingerprint density at radius 3 is 2.83 bits per heavy atom. The van der Waals surface area contributed by atoms with Crippen LogP contribution < -0.4 is 4.74 Å². The van der Waals surface area contributed by atoms with Gasteiger partial charge in [0.25, 0.3) is 0 Å². The standard InChI is InChI=1S/C14H18O4/c1-17-13-8-11(4-5-12(13)14(15)16)9-18-7-6-10-2-3-10/h4-5,8,10H,2-3,6-7,9H2,1H3,(H,15,16). The van der Waals surface area contributed by atoms with Gasteiger partial charge in [-0.3, -0.25) is 0 Å². The van der Waals surface area contributed by atoms with Crippen LogP contribution in [0.2, 0.25) is 0 Å². The molecule has 4 heteroatoms. The van der Waals surface area contributed by atoms with E-state index in [2.05, 4.69) is 0 Å². The lowest BCUT2D eigenvalue weighted by atomic mass is 10.1. The van der Waals surface area contributed by atoms with Gasteiger partial charge in [0, 0.05) is 6.61 Å². The highest BCUT2D eigenvalue weighted by Gasteiger charge is 2.20. The maximum Gasteiger partial charge on any atom is 0.339 e. The molecule has 0 spiro atoms. The van der Waals surface area contributed by atoms with E-state index in [9.17, 15) is 4.79 Å². The van der Waals surface area contributed by atoms with Crippen LogP contribution in [0.4, 0.5) is 0 Å². The summed E-state index contributed by atoms with van der Waals surface area (Å²) in [4.78, 5) is 10.9. The van der Waals surface area contributed by atoms with E-state index in [1.165, 1.54) is 20.0 Å². The molecule has 0 atom stereocenters. The summed E-state index contributed by atoms with van der Waals surface area (Å²) in [5.74, 6) is 0.271. The highest BCUT2D eigenvalue weighted by Crippen LogP contribution is 2.32. The minimum absolute atomic E-state index is 0.180. The van der Waals surface area contributed by atoms with Crippen molar-refractivity contribution < 1.29 is 19.4 Å². The molecule has 0 saturated heterocycles. The first-order chi connectivity index (χ1) is 8.70. The van der Waals surface area contributed by atoms with Gasteiger partial charge in [0.15, 0.2) is 0 Å². The van der Waals surface area contributed by atoms with Gasteiger partial charge in [-0.2, -0.15) is 0 Å². The summed E-state index contributed by atoms with van der Waals surface area (Å²) in [6, 6.07) is 5.05. The number of benzene rings is 1. The highest BCUT2D eigenvalue weighted by molar-refractivity contribution is 5.90. The van der Waals surface area contributed by atoms with Crippen LogP contribution in [0.25, 0.3) is 0 Å². The first-order valence-corrected chi connectivity index (χ1v) is 6.18. The average molecular weight is 250 g/mol. The average Bonchev–Trinajstić information content (AvgIpc) is 3.18. The second-order valence-electron chi connectivity index (χ2n) is 4.62. The highest BCUT2D eigenvalue weighted by atomic mass is 16.5. The van der Waals surface area contributed by atoms with E-state index in [1.807, 2.05) is 0 Å². The molecule has 0 unspecified atom stereocenters. The summed E-state index contributed by atoms with van der Waals surface area (Å²) in [6.45, 7) is 1.27. The van der Waals surface area contributed by atoms with E-state index < -0.39 is 5.97 Å². The number of carboxylic acids is 1. The number of hydrogen-bond acceptors (Lipinski definition) is 3. The Kier molecular flexibility index (Phi) is 4.20. The van der Waals surface area contributed by atoms with Crippen molar-refractivity contribution in [2.75, 3.05) is 13.7 Å². The molecular formula is C14H18O4. The van der Waals surface area contributed by atoms with Crippen molar-refractivity contribution in [2.24, 2.45) is 5.92 Å². The van der Waals surface area contributed by atoms with Gasteiger partial charge in [-0.05, 0) is 30.0 Å². The van der Waals surface area contributed by atoms with E-state index in [1.54, 1.807) is 18.2 Å². The van der Waals surface area contributed by atoms with Crippen molar-refractivity contribution >= 4 is 5.97 Å². The maximum atomic E-state index is 10.9. The molecule has 0 radical (unpaired) electrons. The summed E-state index contributed by atoms with van der Waals surface area (Å²) < 4.78 is 10.6. The Morgan fingerprint density at radius 2 is 2.22 bits per heavy atom. The normalized spacial score (nSPS) is 14.5. The topological polar surface area (TPSA) is 55.8 Å². The molecule has 1 fully saturated rings. The van der Waals surface area contributed by atoms with Crippen LogP contribution in [0.3, 0.4) is 0 Å². The van der Waals surface area contributed by atoms with Gasteiger partial charge in [0.2, 0.25) is 0 Å². The molecule has 2 rings (SSSR count). The lowest BCUT2D eigenvalue weighted by Crippen LogP contribution is -2.02. The molecule has 1 saturated carbocycles. The number of carboxylic acid groups (broad SMARTS) is 1. The smallest absolute Gasteiger partial charge is 0.339 e. The second-order valence-corrected chi connectivity index (χ2v) is 4.62. The van der Waals surface area contributed by atoms with Gasteiger partial charge in [-0.25, -0.2) is 4.79 Å². The van der Waals surface area contributed by atoms with Crippen LogP contribution in [-0.4, -0.2) is 24.8 Å². The summed E-state index contributed by atoms with van der Waals surface area (Å²) in [5.41, 5.74) is 1.12. The molecule has 1 aliphatic carbocycles. The van der Waals surface area contributed by atoms with E-state index in [4.69, 9.17) is 14.6 Å². The Bertz CT molecular complexity index is 424. The predicted octanol–water partition coefficient (Wildman–Crippen LogP) is 2.71. The molecule has 18 heavy (non-hydrogen) atoms. The van der Waals surface area contributed by atoms with Gasteiger partial charge >= 0.3 is 5.97 Å². The fraction of sp³-hybridized carbons (Fsp3) is 0.500. The molecule has 1 aromatic rings. The van der Waals surface area contributed by atoms with Crippen LogP contribution in [0, 0.1) is 5.92 Å². The zero-order valence-electron chi connectivity index (χ0n) is 10.5. The summed E-state index contributed by atoms with van der Waals surface area (Å²) in [6.07, 6.45) is 3.80. The van der Waals surface area contributed by atoms with Crippen LogP contribution in [0.5, 0.6) is 5.75 Å². The van der Waals surface area contributed by atoms with Gasteiger partial charge < -0.3 is 14.6 Å². The number of rotatable bonds is 7. The van der Waals surface area contributed by atoms with Crippen LogP contribution in [0.1, 0.15) is 35.2 Å².